The van der Waals surface area contributed by atoms with Crippen molar-refractivity contribution in [2.24, 2.45) is 10.9 Å². The number of allylic oxidation sites excluding steroid dienone is 1. The SMILES string of the molecule is CC[N+](C)(CC=CC(N)=O)CC=CC1=C(C(=O)O)N2C(=O)C(NC(=O)C(=NOCCF)c3nsc(N)n3)C2SC1. The summed E-state index contributed by atoms with van der Waals surface area (Å²) in [6.07, 6.45) is 6.51. The Kier molecular flexibility index (Phi) is 10.4. The summed E-state index contributed by atoms with van der Waals surface area (Å²) in [5.41, 5.74) is 10.6. The number of anilines is 1. The topological polar surface area (TPSA) is 203 Å². The number of nitrogens with zero attached hydrogens (tertiary/aromatic N) is 5. The van der Waals surface area contributed by atoms with Crippen LogP contribution in [-0.4, -0.2) is 110 Å². The second-order valence-electron chi connectivity index (χ2n) is 8.97. The molecule has 2 aliphatic rings. The number of carboxylic acids is 1. The number of halogens is 1. The van der Waals surface area contributed by atoms with Gasteiger partial charge in [0.05, 0.1) is 26.7 Å². The maximum Gasteiger partial charge on any atom is 0.352 e. The Morgan fingerprint density at radius 1 is 1.35 bits per heavy atom. The fourth-order valence-electron chi connectivity index (χ4n) is 3.85. The molecule has 0 aliphatic carbocycles. The lowest BCUT2D eigenvalue weighted by Gasteiger charge is -2.49. The number of nitrogens with one attached hydrogen (secondary N) is 1. The Labute approximate surface area is 237 Å². The number of oxime groups is 1. The third-order valence-corrected chi connectivity index (χ3v) is 7.98. The highest BCUT2D eigenvalue weighted by Gasteiger charge is 2.54. The molecule has 1 saturated heterocycles. The molecule has 1 fully saturated rings. The van der Waals surface area contributed by atoms with E-state index in [1.54, 1.807) is 12.2 Å². The average molecular weight is 598 g/mol. The van der Waals surface area contributed by atoms with Crippen LogP contribution in [0.3, 0.4) is 0 Å². The van der Waals surface area contributed by atoms with Gasteiger partial charge in [-0.15, -0.1) is 11.8 Å². The van der Waals surface area contributed by atoms with Gasteiger partial charge in [0.2, 0.25) is 17.4 Å². The third-order valence-electron chi connectivity index (χ3n) is 6.14. The minimum atomic E-state index is -1.27. The predicted octanol–water partition coefficient (Wildman–Crippen LogP) is -0.387. The number of quaternary nitrogens is 1. The van der Waals surface area contributed by atoms with Crippen molar-refractivity contribution in [1.29, 1.82) is 0 Å². The van der Waals surface area contributed by atoms with Crippen molar-refractivity contribution in [3.63, 3.8) is 0 Å². The van der Waals surface area contributed by atoms with E-state index in [9.17, 15) is 28.7 Å². The minimum absolute atomic E-state index is 0.0618. The molecule has 14 nitrogen and oxygen atoms in total. The Bertz CT molecular complexity index is 1280. The first-order chi connectivity index (χ1) is 19.0. The number of amides is 3. The molecule has 40 heavy (non-hydrogen) atoms. The van der Waals surface area contributed by atoms with Gasteiger partial charge >= 0.3 is 5.97 Å². The van der Waals surface area contributed by atoms with Gasteiger partial charge in [0.25, 0.3) is 11.8 Å². The van der Waals surface area contributed by atoms with Crippen LogP contribution >= 0.6 is 23.3 Å². The van der Waals surface area contributed by atoms with Crippen molar-refractivity contribution in [2.75, 3.05) is 51.4 Å². The highest BCUT2D eigenvalue weighted by molar-refractivity contribution is 8.00. The average Bonchev–Trinajstić information content (AvgIpc) is 3.34. The molecule has 0 bridgehead atoms. The van der Waals surface area contributed by atoms with Crippen molar-refractivity contribution >= 4 is 57.8 Å². The van der Waals surface area contributed by atoms with E-state index in [0.717, 1.165) is 23.0 Å². The summed E-state index contributed by atoms with van der Waals surface area (Å²) < 4.78 is 16.9. The van der Waals surface area contributed by atoms with Gasteiger partial charge < -0.3 is 31.2 Å². The molecule has 3 unspecified atom stereocenters. The second kappa shape index (κ2) is 13.5. The van der Waals surface area contributed by atoms with Gasteiger partial charge in [-0.3, -0.25) is 19.3 Å². The predicted molar refractivity (Wildman–Crippen MR) is 146 cm³/mol. The lowest BCUT2D eigenvalue weighted by Crippen LogP contribution is -2.71. The van der Waals surface area contributed by atoms with Crippen LogP contribution < -0.4 is 16.8 Å². The molecule has 3 rings (SSSR count). The van der Waals surface area contributed by atoms with Gasteiger partial charge in [0.1, 0.15) is 30.4 Å². The number of thioether (sulfide) groups is 1. The Morgan fingerprint density at radius 2 is 2.08 bits per heavy atom. The molecular weight excluding hydrogens is 567 g/mol. The van der Waals surface area contributed by atoms with Crippen molar-refractivity contribution < 1.29 is 38.0 Å². The number of fused-ring (bicyclic) bond motifs is 1. The number of nitrogens with two attached hydrogens (primary N) is 2. The number of aromatic nitrogens is 2. The zero-order chi connectivity index (χ0) is 29.4. The van der Waals surface area contributed by atoms with Crippen LogP contribution in [0.5, 0.6) is 0 Å². The van der Waals surface area contributed by atoms with Crippen LogP contribution in [0.1, 0.15) is 12.7 Å². The molecule has 3 heterocycles. The summed E-state index contributed by atoms with van der Waals surface area (Å²) in [6, 6.07) is -1.04. The molecule has 3 amide bonds. The molecular formula is C23H30FN8O6S2+. The van der Waals surface area contributed by atoms with Crippen LogP contribution in [0.2, 0.25) is 0 Å². The number of carbonyl (C=O) groups excluding carboxylic acids is 3. The highest BCUT2D eigenvalue weighted by atomic mass is 32.2. The number of hydrogen-bond acceptors (Lipinski definition) is 11. The second-order valence-corrected chi connectivity index (χ2v) is 10.9. The third kappa shape index (κ3) is 7.22. The molecule has 0 spiro atoms. The number of carbonyl (C=O) groups is 4. The van der Waals surface area contributed by atoms with E-state index >= 15 is 0 Å². The van der Waals surface area contributed by atoms with Gasteiger partial charge in [-0.1, -0.05) is 11.2 Å². The smallest absolute Gasteiger partial charge is 0.352 e. The lowest BCUT2D eigenvalue weighted by molar-refractivity contribution is -0.896. The van der Waals surface area contributed by atoms with Crippen molar-refractivity contribution in [3.8, 4) is 0 Å². The van der Waals surface area contributed by atoms with Gasteiger partial charge in [-0.05, 0) is 24.6 Å². The summed E-state index contributed by atoms with van der Waals surface area (Å²) in [5, 5.41) is 15.4. The van der Waals surface area contributed by atoms with Gasteiger partial charge in [-0.2, -0.15) is 9.36 Å². The number of likely N-dealkylation sites (N-methyl/N-ethyl adjacent to an activating group) is 1. The Morgan fingerprint density at radius 3 is 2.67 bits per heavy atom. The highest BCUT2D eigenvalue weighted by Crippen LogP contribution is 2.40. The molecule has 2 aliphatic heterocycles. The van der Waals surface area contributed by atoms with E-state index < -0.39 is 54.1 Å². The summed E-state index contributed by atoms with van der Waals surface area (Å²) >= 11 is 2.10. The maximum atomic E-state index is 13.0. The van der Waals surface area contributed by atoms with Gasteiger partial charge in [0, 0.05) is 23.4 Å². The maximum absolute atomic E-state index is 13.0. The standard InChI is InChI=1S/C23H29FN8O6S2/c1-3-32(2,10-5-7-14(25)33)9-4-6-13-12-39-21-16(20(35)31(21)17(13)22(36)37)27-19(34)15(29-38-11-8-24)18-28-23(26)40-30-18/h4-7,16,21H,3,8-12H2,1-2H3,(H5-,25,26,27,28,30,33,34,36,37)/p+1. The Hall–Kier alpha value is -3.83. The first-order valence-electron chi connectivity index (χ1n) is 12.0. The molecule has 17 heteroatoms. The number of primary amides is 1. The first-order valence-corrected chi connectivity index (χ1v) is 13.9. The van der Waals surface area contributed by atoms with Crippen LogP contribution in [0.15, 0.2) is 40.7 Å². The van der Waals surface area contributed by atoms with E-state index in [-0.39, 0.29) is 22.4 Å². The molecule has 1 aromatic heterocycles. The quantitative estimate of drug-likeness (QED) is 0.0546. The summed E-state index contributed by atoms with van der Waals surface area (Å²) in [4.78, 5) is 58.9. The van der Waals surface area contributed by atoms with Gasteiger partial charge in [-0.25, -0.2) is 9.18 Å². The number of rotatable bonds is 14. The molecule has 216 valence electrons. The van der Waals surface area contributed by atoms with Crippen LogP contribution in [-0.2, 0) is 24.0 Å². The monoisotopic (exact) mass is 597 g/mol. The molecule has 0 saturated carbocycles. The van der Waals surface area contributed by atoms with Crippen LogP contribution in [0.4, 0.5) is 9.52 Å². The molecule has 6 N–H and O–H groups in total. The molecule has 0 radical (unpaired) electrons. The molecule has 0 aromatic carbocycles. The number of nitrogen functional groups attached to an aromatic ring is 1. The Balaban J connectivity index is 1.74. The molecule has 1 aromatic rings. The van der Waals surface area contributed by atoms with Crippen molar-refractivity contribution in [2.45, 2.75) is 18.3 Å². The number of hydrogen-bond donors (Lipinski definition) is 4. The summed E-state index contributed by atoms with van der Waals surface area (Å²) in [6.45, 7) is 2.57. The zero-order valence-electron chi connectivity index (χ0n) is 21.8. The van der Waals surface area contributed by atoms with Crippen molar-refractivity contribution in [1.82, 2.24) is 19.6 Å². The lowest BCUT2D eigenvalue weighted by atomic mass is 10.0. The normalized spacial score (nSPS) is 20.8. The minimum Gasteiger partial charge on any atom is -0.477 e. The fraction of sp³-hybridized carbons (Fsp3) is 0.435. The van der Waals surface area contributed by atoms with E-state index in [4.69, 9.17) is 16.3 Å². The summed E-state index contributed by atoms with van der Waals surface area (Å²) in [7, 11) is 1.98. The van der Waals surface area contributed by atoms with E-state index in [2.05, 4.69) is 19.8 Å². The largest absolute Gasteiger partial charge is 0.477 e. The van der Waals surface area contributed by atoms with Gasteiger partial charge in [0.15, 0.2) is 5.13 Å². The zero-order valence-corrected chi connectivity index (χ0v) is 23.4. The number of alkyl halides is 1. The van der Waals surface area contributed by atoms with E-state index in [1.807, 2.05) is 20.0 Å². The number of β-lactam (4-membered cyclic amide) rings is 1. The van der Waals surface area contributed by atoms with Crippen LogP contribution in [0.25, 0.3) is 0 Å². The van der Waals surface area contributed by atoms with E-state index in [1.165, 1.54) is 17.8 Å². The van der Waals surface area contributed by atoms with E-state index in [0.29, 0.717) is 23.1 Å². The summed E-state index contributed by atoms with van der Waals surface area (Å²) in [5.74, 6) is -3.15. The van der Waals surface area contributed by atoms with Crippen molar-refractivity contribution in [3.05, 3.63) is 41.4 Å². The van der Waals surface area contributed by atoms with Crippen LogP contribution in [0, 0.1) is 0 Å². The first kappa shape index (κ1) is 30.7. The fourth-order valence-corrected chi connectivity index (χ4v) is 5.60. The number of carboxylic acid groups (broad SMARTS) is 1. The number of aliphatic carboxylic acids is 1. The molecule has 3 atom stereocenters.